The first-order valence-corrected chi connectivity index (χ1v) is 5.37. The molecule has 14 heavy (non-hydrogen) atoms. The average Bonchev–Trinajstić information content (AvgIpc) is 2.96. The maximum atomic E-state index is 10.8. The predicted molar refractivity (Wildman–Crippen MR) is 54.5 cm³/mol. The number of hydrogen-bond acceptors (Lipinski definition) is 2. The van der Waals surface area contributed by atoms with Gasteiger partial charge in [-0.3, -0.25) is 9.48 Å². The van der Waals surface area contributed by atoms with Crippen LogP contribution in [0, 0.1) is 0 Å². The van der Waals surface area contributed by atoms with Gasteiger partial charge in [-0.2, -0.15) is 5.10 Å². The fraction of sp³-hybridized carbons (Fsp3) is 0.636. The van der Waals surface area contributed by atoms with E-state index in [1.54, 1.807) is 0 Å². The predicted octanol–water partition coefficient (Wildman–Crippen LogP) is 2.37. The summed E-state index contributed by atoms with van der Waals surface area (Å²) < 4.78 is 1.92. The zero-order valence-corrected chi connectivity index (χ0v) is 8.57. The Kier molecular flexibility index (Phi) is 2.66. The lowest BCUT2D eigenvalue weighted by molar-refractivity contribution is 0.112. The number of carbonyl (C=O) groups is 1. The number of hydrogen-bond donors (Lipinski definition) is 0. The maximum Gasteiger partial charge on any atom is 0.153 e. The largest absolute Gasteiger partial charge is 0.298 e. The summed E-state index contributed by atoms with van der Waals surface area (Å²) in [6, 6.07) is 0. The number of aldehydes is 1. The second kappa shape index (κ2) is 3.95. The van der Waals surface area contributed by atoms with Crippen molar-refractivity contribution in [1.82, 2.24) is 9.78 Å². The molecule has 0 aliphatic heterocycles. The Bertz CT molecular complexity index is 326. The molecule has 1 aliphatic carbocycles. The number of carbonyl (C=O) groups excluding carboxylic acids is 1. The molecule has 2 rings (SSSR count). The van der Waals surface area contributed by atoms with Gasteiger partial charge in [0, 0.05) is 18.7 Å². The van der Waals surface area contributed by atoms with Crippen molar-refractivity contribution in [3.05, 3.63) is 17.5 Å². The third kappa shape index (κ3) is 1.86. The molecule has 0 saturated heterocycles. The topological polar surface area (TPSA) is 34.9 Å². The van der Waals surface area contributed by atoms with Gasteiger partial charge in [-0.05, 0) is 19.3 Å². The molecule has 1 heterocycles. The molecular formula is C11H16N2O. The van der Waals surface area contributed by atoms with Crippen molar-refractivity contribution < 1.29 is 4.79 Å². The summed E-state index contributed by atoms with van der Waals surface area (Å²) in [6.45, 7) is 3.09. The minimum Gasteiger partial charge on any atom is -0.298 e. The second-order valence-corrected chi connectivity index (χ2v) is 3.98. The van der Waals surface area contributed by atoms with Crippen LogP contribution in [0.1, 0.15) is 54.6 Å². The van der Waals surface area contributed by atoms with E-state index < -0.39 is 0 Å². The summed E-state index contributed by atoms with van der Waals surface area (Å²) in [5, 5.41) is 4.47. The van der Waals surface area contributed by atoms with Crippen molar-refractivity contribution in [2.75, 3.05) is 0 Å². The fourth-order valence-corrected chi connectivity index (χ4v) is 1.65. The molecule has 0 spiro atoms. The van der Waals surface area contributed by atoms with Crippen LogP contribution in [0.15, 0.2) is 6.20 Å². The smallest absolute Gasteiger partial charge is 0.153 e. The molecule has 1 aliphatic rings. The minimum absolute atomic E-state index is 0.568. The van der Waals surface area contributed by atoms with Crippen molar-refractivity contribution in [2.45, 2.75) is 45.1 Å². The Hall–Kier alpha value is -1.12. The van der Waals surface area contributed by atoms with Gasteiger partial charge in [0.2, 0.25) is 0 Å². The lowest BCUT2D eigenvalue weighted by Crippen LogP contribution is -1.98. The van der Waals surface area contributed by atoms with E-state index in [4.69, 9.17) is 0 Å². The molecule has 1 fully saturated rings. The van der Waals surface area contributed by atoms with E-state index in [2.05, 4.69) is 12.0 Å². The highest BCUT2D eigenvalue weighted by Gasteiger charge is 2.28. The molecule has 0 amide bonds. The van der Waals surface area contributed by atoms with Gasteiger partial charge in [-0.25, -0.2) is 0 Å². The first kappa shape index (κ1) is 9.44. The highest BCUT2D eigenvalue weighted by Crippen LogP contribution is 2.40. The van der Waals surface area contributed by atoms with Gasteiger partial charge >= 0.3 is 0 Å². The third-order valence-electron chi connectivity index (χ3n) is 2.65. The van der Waals surface area contributed by atoms with Crippen LogP contribution in [0.25, 0.3) is 0 Å². The molecule has 1 saturated carbocycles. The van der Waals surface area contributed by atoms with E-state index in [9.17, 15) is 4.79 Å². The van der Waals surface area contributed by atoms with E-state index in [1.165, 1.54) is 12.8 Å². The van der Waals surface area contributed by atoms with Crippen molar-refractivity contribution >= 4 is 6.29 Å². The Labute approximate surface area is 84.1 Å². The van der Waals surface area contributed by atoms with Gasteiger partial charge in [-0.1, -0.05) is 13.3 Å². The Balaban J connectivity index is 2.13. The number of aryl methyl sites for hydroxylation is 1. The fourth-order valence-electron chi connectivity index (χ4n) is 1.65. The monoisotopic (exact) mass is 192 g/mol. The van der Waals surface area contributed by atoms with E-state index in [1.807, 2.05) is 10.9 Å². The Morgan fingerprint density at radius 1 is 1.64 bits per heavy atom. The molecule has 0 radical (unpaired) electrons. The molecular weight excluding hydrogens is 176 g/mol. The standard InChI is InChI=1S/C11H16N2O/c1-2-3-6-13-7-10(8-14)11(12-13)9-4-5-9/h7-9H,2-6H2,1H3. The molecule has 1 aromatic rings. The van der Waals surface area contributed by atoms with Crippen molar-refractivity contribution in [3.8, 4) is 0 Å². The van der Waals surface area contributed by atoms with Crippen LogP contribution in [-0.4, -0.2) is 16.1 Å². The number of rotatable bonds is 5. The van der Waals surface area contributed by atoms with Crippen LogP contribution in [0.4, 0.5) is 0 Å². The summed E-state index contributed by atoms with van der Waals surface area (Å²) in [7, 11) is 0. The molecule has 0 bridgehead atoms. The quantitative estimate of drug-likeness (QED) is 0.671. The maximum absolute atomic E-state index is 10.8. The normalized spacial score (nSPS) is 15.8. The van der Waals surface area contributed by atoms with E-state index in [0.29, 0.717) is 5.92 Å². The van der Waals surface area contributed by atoms with Gasteiger partial charge in [0.15, 0.2) is 6.29 Å². The van der Waals surface area contributed by atoms with Crippen molar-refractivity contribution in [2.24, 2.45) is 0 Å². The molecule has 76 valence electrons. The highest BCUT2D eigenvalue weighted by molar-refractivity contribution is 5.76. The second-order valence-electron chi connectivity index (χ2n) is 3.98. The van der Waals surface area contributed by atoms with Crippen LogP contribution in [0.5, 0.6) is 0 Å². The van der Waals surface area contributed by atoms with Crippen LogP contribution < -0.4 is 0 Å². The summed E-state index contributed by atoms with van der Waals surface area (Å²) in [6.07, 6.45) is 7.51. The van der Waals surface area contributed by atoms with Gasteiger partial charge in [0.05, 0.1) is 11.3 Å². The average molecular weight is 192 g/mol. The molecule has 3 nitrogen and oxygen atoms in total. The molecule has 3 heteroatoms. The Morgan fingerprint density at radius 2 is 2.43 bits per heavy atom. The summed E-state index contributed by atoms with van der Waals surface area (Å²) in [5.74, 6) is 0.568. The zero-order valence-electron chi connectivity index (χ0n) is 8.57. The highest BCUT2D eigenvalue weighted by atomic mass is 16.1. The van der Waals surface area contributed by atoms with Crippen LogP contribution in [-0.2, 0) is 6.54 Å². The molecule has 1 aromatic heterocycles. The zero-order chi connectivity index (χ0) is 9.97. The SMILES string of the molecule is CCCCn1cc(C=O)c(C2CC2)n1. The van der Waals surface area contributed by atoms with E-state index >= 15 is 0 Å². The lowest BCUT2D eigenvalue weighted by atomic mass is 10.2. The minimum atomic E-state index is 0.568. The summed E-state index contributed by atoms with van der Waals surface area (Å²) in [5.41, 5.74) is 1.82. The lowest BCUT2D eigenvalue weighted by Gasteiger charge is -1.97. The molecule has 0 unspecified atom stereocenters. The van der Waals surface area contributed by atoms with Crippen LogP contribution in [0.3, 0.4) is 0 Å². The summed E-state index contributed by atoms with van der Waals surface area (Å²) >= 11 is 0. The number of nitrogens with zero attached hydrogens (tertiary/aromatic N) is 2. The molecule has 0 N–H and O–H groups in total. The van der Waals surface area contributed by atoms with E-state index in [0.717, 1.165) is 36.9 Å². The molecule has 0 aromatic carbocycles. The third-order valence-corrected chi connectivity index (χ3v) is 2.65. The first-order chi connectivity index (χ1) is 6.85. The van der Waals surface area contributed by atoms with Gasteiger partial charge in [-0.15, -0.1) is 0 Å². The van der Waals surface area contributed by atoms with Crippen LogP contribution >= 0.6 is 0 Å². The first-order valence-electron chi connectivity index (χ1n) is 5.37. The van der Waals surface area contributed by atoms with Crippen LogP contribution in [0.2, 0.25) is 0 Å². The van der Waals surface area contributed by atoms with E-state index in [-0.39, 0.29) is 0 Å². The summed E-state index contributed by atoms with van der Waals surface area (Å²) in [4.78, 5) is 10.8. The van der Waals surface area contributed by atoms with Crippen molar-refractivity contribution in [1.29, 1.82) is 0 Å². The van der Waals surface area contributed by atoms with Gasteiger partial charge in [0.25, 0.3) is 0 Å². The Morgan fingerprint density at radius 3 is 3.00 bits per heavy atom. The number of aromatic nitrogens is 2. The van der Waals surface area contributed by atoms with Gasteiger partial charge < -0.3 is 0 Å². The van der Waals surface area contributed by atoms with Crippen molar-refractivity contribution in [3.63, 3.8) is 0 Å². The number of unbranched alkanes of at least 4 members (excludes halogenated alkanes) is 1. The van der Waals surface area contributed by atoms with Gasteiger partial charge in [0.1, 0.15) is 0 Å². The molecule has 0 atom stereocenters.